The monoisotopic (exact) mass is 531 g/mol. The van der Waals surface area contributed by atoms with Crippen LogP contribution in [0.1, 0.15) is 35.7 Å². The number of benzene rings is 3. The molecule has 0 saturated carbocycles. The van der Waals surface area contributed by atoms with E-state index in [0.717, 1.165) is 38.9 Å². The van der Waals surface area contributed by atoms with Crippen LogP contribution in [0.3, 0.4) is 0 Å². The summed E-state index contributed by atoms with van der Waals surface area (Å²) in [6.07, 6.45) is 2.55. The lowest BCUT2D eigenvalue weighted by Gasteiger charge is -2.27. The fourth-order valence-electron chi connectivity index (χ4n) is 5.18. The normalized spacial score (nSPS) is 14.5. The van der Waals surface area contributed by atoms with Gasteiger partial charge in [0, 0.05) is 48.7 Å². The van der Waals surface area contributed by atoms with Crippen LogP contribution in [-0.2, 0) is 21.4 Å². The Morgan fingerprint density at radius 2 is 1.76 bits per heavy atom. The third-order valence-electron chi connectivity index (χ3n) is 7.04. The number of anilines is 1. The van der Waals surface area contributed by atoms with E-state index in [1.165, 1.54) is 23.4 Å². The van der Waals surface area contributed by atoms with Crippen molar-refractivity contribution >= 4 is 38.1 Å². The van der Waals surface area contributed by atoms with Gasteiger partial charge in [-0.25, -0.2) is 12.8 Å². The number of nitrogens with zero attached hydrogens (tertiary/aromatic N) is 2. The second-order valence-corrected chi connectivity index (χ2v) is 11.6. The van der Waals surface area contributed by atoms with Gasteiger partial charge in [-0.15, -0.1) is 0 Å². The lowest BCUT2D eigenvalue weighted by Crippen LogP contribution is -2.35. The van der Waals surface area contributed by atoms with E-state index >= 15 is 0 Å². The first-order valence-electron chi connectivity index (χ1n) is 12.5. The maximum Gasteiger partial charge on any atom is 0.245 e. The quantitative estimate of drug-likeness (QED) is 0.338. The first-order chi connectivity index (χ1) is 18.1. The lowest BCUT2D eigenvalue weighted by atomic mass is 9.97. The van der Waals surface area contributed by atoms with E-state index in [4.69, 9.17) is 0 Å². The molecule has 1 amide bonds. The average molecular weight is 532 g/mol. The molecule has 196 valence electrons. The Hall–Kier alpha value is -3.75. The fraction of sp³-hybridized carbons (Fsp3) is 0.233. The van der Waals surface area contributed by atoms with Gasteiger partial charge in [0.25, 0.3) is 0 Å². The number of carbonyl (C=O) groups excluding carboxylic acids is 1. The molecule has 8 heteroatoms. The highest BCUT2D eigenvalue weighted by Gasteiger charge is 2.30. The zero-order valence-corrected chi connectivity index (χ0v) is 22.5. The van der Waals surface area contributed by atoms with E-state index in [9.17, 15) is 17.6 Å². The molecular formula is C30H30FN3O3S. The zero-order valence-electron chi connectivity index (χ0n) is 21.7. The minimum Gasteiger partial charge on any atom is -0.340 e. The summed E-state index contributed by atoms with van der Waals surface area (Å²) in [6, 6.07) is 19.7. The number of aromatic nitrogens is 1. The van der Waals surface area contributed by atoms with E-state index in [0.29, 0.717) is 19.5 Å². The topological polar surface area (TPSA) is 71.4 Å². The molecule has 2 heterocycles. The number of sulfonamides is 1. The Morgan fingerprint density at radius 1 is 1.03 bits per heavy atom. The minimum atomic E-state index is -3.82. The highest BCUT2D eigenvalue weighted by molar-refractivity contribution is 7.89. The van der Waals surface area contributed by atoms with Crippen molar-refractivity contribution in [3.63, 3.8) is 0 Å². The first-order valence-corrected chi connectivity index (χ1v) is 14.0. The van der Waals surface area contributed by atoms with Gasteiger partial charge in [0.05, 0.1) is 5.69 Å². The van der Waals surface area contributed by atoms with Gasteiger partial charge in [0.1, 0.15) is 10.7 Å². The number of fused-ring (bicyclic) bond motifs is 1. The predicted molar refractivity (Wildman–Crippen MR) is 149 cm³/mol. The molecule has 0 fully saturated rings. The standard InChI is InChI=1S/C30H30FN3O3S/c1-20-8-13-27(32-22(3)35)29(18-20)38(36,37)33-16-14-24(15-17-33)30-21(2)34(28-7-5-4-6-26(28)30)19-23-9-11-25(31)12-10-23/h4-14,18H,15-17,19H2,1-3H3,(H,32,35). The number of hydrogen-bond acceptors (Lipinski definition) is 3. The minimum absolute atomic E-state index is 0.108. The van der Waals surface area contributed by atoms with Crippen molar-refractivity contribution in [1.82, 2.24) is 8.87 Å². The van der Waals surface area contributed by atoms with Gasteiger partial charge < -0.3 is 9.88 Å². The fourth-order valence-corrected chi connectivity index (χ4v) is 6.80. The van der Waals surface area contributed by atoms with Crippen molar-refractivity contribution in [2.75, 3.05) is 18.4 Å². The van der Waals surface area contributed by atoms with Crippen LogP contribution in [0, 0.1) is 19.7 Å². The third kappa shape index (κ3) is 4.89. The highest BCUT2D eigenvalue weighted by atomic mass is 32.2. The van der Waals surface area contributed by atoms with E-state index in [1.54, 1.807) is 30.3 Å². The number of carbonyl (C=O) groups is 1. The van der Waals surface area contributed by atoms with Gasteiger partial charge in [-0.05, 0) is 67.3 Å². The molecule has 1 aromatic heterocycles. The smallest absolute Gasteiger partial charge is 0.245 e. The molecule has 1 aliphatic rings. The van der Waals surface area contributed by atoms with Gasteiger partial charge in [0.15, 0.2) is 0 Å². The molecule has 0 bridgehead atoms. The number of halogens is 1. The number of hydrogen-bond donors (Lipinski definition) is 1. The summed E-state index contributed by atoms with van der Waals surface area (Å²) >= 11 is 0. The third-order valence-corrected chi connectivity index (χ3v) is 8.95. The largest absolute Gasteiger partial charge is 0.340 e. The van der Waals surface area contributed by atoms with Crippen LogP contribution in [0.2, 0.25) is 0 Å². The number of para-hydroxylation sites is 1. The van der Waals surface area contributed by atoms with Gasteiger partial charge in [0.2, 0.25) is 15.9 Å². The SMILES string of the molecule is CC(=O)Nc1ccc(C)cc1S(=O)(=O)N1CC=C(c2c(C)n(Cc3ccc(F)cc3)c3ccccc23)CC1. The van der Waals surface area contributed by atoms with E-state index < -0.39 is 10.0 Å². The Morgan fingerprint density at radius 3 is 2.45 bits per heavy atom. The van der Waals surface area contributed by atoms with Crippen molar-refractivity contribution in [3.8, 4) is 0 Å². The van der Waals surface area contributed by atoms with Gasteiger partial charge >= 0.3 is 0 Å². The Bertz CT molecular complexity index is 1670. The molecule has 1 N–H and O–H groups in total. The summed E-state index contributed by atoms with van der Waals surface area (Å²) in [5.41, 5.74) is 6.49. The van der Waals surface area contributed by atoms with Crippen molar-refractivity contribution in [1.29, 1.82) is 0 Å². The molecule has 38 heavy (non-hydrogen) atoms. The summed E-state index contributed by atoms with van der Waals surface area (Å²) in [5, 5.41) is 3.76. The molecule has 0 radical (unpaired) electrons. The molecule has 0 unspecified atom stereocenters. The van der Waals surface area contributed by atoms with Crippen molar-refractivity contribution in [2.24, 2.45) is 0 Å². The zero-order chi connectivity index (χ0) is 27.0. The lowest BCUT2D eigenvalue weighted by molar-refractivity contribution is -0.114. The van der Waals surface area contributed by atoms with Crippen molar-refractivity contribution in [3.05, 3.63) is 101 Å². The summed E-state index contributed by atoms with van der Waals surface area (Å²) in [7, 11) is -3.82. The van der Waals surface area contributed by atoms with E-state index in [-0.39, 0.29) is 28.9 Å². The molecule has 3 aromatic carbocycles. The highest BCUT2D eigenvalue weighted by Crippen LogP contribution is 2.36. The maximum absolute atomic E-state index is 13.6. The maximum atomic E-state index is 13.6. The Labute approximate surface area is 222 Å². The summed E-state index contributed by atoms with van der Waals surface area (Å²) in [4.78, 5) is 11.8. The van der Waals surface area contributed by atoms with Crippen molar-refractivity contribution < 1.29 is 17.6 Å². The summed E-state index contributed by atoms with van der Waals surface area (Å²) in [6.45, 7) is 6.45. The molecule has 0 spiro atoms. The molecule has 5 rings (SSSR count). The molecule has 0 atom stereocenters. The van der Waals surface area contributed by atoms with Crippen LogP contribution in [0.15, 0.2) is 77.7 Å². The van der Waals surface area contributed by atoms with Crippen LogP contribution in [0.5, 0.6) is 0 Å². The van der Waals surface area contributed by atoms with Crippen LogP contribution in [0.4, 0.5) is 10.1 Å². The number of nitrogens with one attached hydrogen (secondary N) is 1. The number of rotatable bonds is 6. The summed E-state index contributed by atoms with van der Waals surface area (Å²) in [5.74, 6) is -0.580. The molecular weight excluding hydrogens is 501 g/mol. The second kappa shape index (κ2) is 10.2. The first kappa shape index (κ1) is 25.9. The molecule has 0 saturated heterocycles. The van der Waals surface area contributed by atoms with Crippen LogP contribution in [-0.4, -0.2) is 36.3 Å². The van der Waals surface area contributed by atoms with Crippen molar-refractivity contribution in [2.45, 2.75) is 38.6 Å². The van der Waals surface area contributed by atoms with Gasteiger partial charge in [-0.2, -0.15) is 4.31 Å². The molecule has 6 nitrogen and oxygen atoms in total. The van der Waals surface area contributed by atoms with Crippen LogP contribution < -0.4 is 5.32 Å². The average Bonchev–Trinajstić information content (AvgIpc) is 3.17. The van der Waals surface area contributed by atoms with E-state index in [2.05, 4.69) is 28.9 Å². The molecule has 4 aromatic rings. The number of aryl methyl sites for hydroxylation is 1. The number of amides is 1. The summed E-state index contributed by atoms with van der Waals surface area (Å²) < 4.78 is 44.4. The van der Waals surface area contributed by atoms with Crippen LogP contribution in [0.25, 0.3) is 16.5 Å². The Kier molecular flexibility index (Phi) is 6.94. The molecule has 1 aliphatic heterocycles. The Balaban J connectivity index is 1.48. The predicted octanol–water partition coefficient (Wildman–Crippen LogP) is 5.88. The van der Waals surface area contributed by atoms with Gasteiger partial charge in [-0.1, -0.05) is 42.5 Å². The van der Waals surface area contributed by atoms with Gasteiger partial charge in [-0.3, -0.25) is 4.79 Å². The second-order valence-electron chi connectivity index (χ2n) is 9.71. The molecule has 0 aliphatic carbocycles. The van der Waals surface area contributed by atoms with E-state index in [1.807, 2.05) is 25.1 Å². The van der Waals surface area contributed by atoms with Crippen LogP contribution >= 0.6 is 0 Å².